The fourth-order valence-corrected chi connectivity index (χ4v) is 3.59. The number of carbonyl (C=O) groups is 1. The zero-order valence-corrected chi connectivity index (χ0v) is 20.1. The van der Waals surface area contributed by atoms with E-state index in [9.17, 15) is 18.0 Å². The number of benzene rings is 2. The van der Waals surface area contributed by atoms with Crippen LogP contribution < -0.4 is 4.74 Å². The van der Waals surface area contributed by atoms with Crippen LogP contribution in [-0.4, -0.2) is 18.1 Å². The number of unbranched alkanes of at least 4 members (excludes halogenated alkanes) is 1. The van der Waals surface area contributed by atoms with Crippen molar-refractivity contribution in [3.8, 4) is 5.75 Å². The smallest absolute Gasteiger partial charge is 0.416 e. The molecule has 0 N–H and O–H groups in total. The molecule has 0 fully saturated rings. The minimum absolute atomic E-state index is 0.0895. The second-order valence-corrected chi connectivity index (χ2v) is 8.21. The Morgan fingerprint density at radius 3 is 2.49 bits per heavy atom. The summed E-state index contributed by atoms with van der Waals surface area (Å²) in [5, 5.41) is 0.504. The van der Waals surface area contributed by atoms with Crippen molar-refractivity contribution < 1.29 is 27.4 Å². The van der Waals surface area contributed by atoms with Crippen LogP contribution in [0, 0.1) is 0 Å². The number of rotatable bonds is 9. The number of alkyl halides is 3. The molecule has 3 rings (SSSR count). The summed E-state index contributed by atoms with van der Waals surface area (Å²) < 4.78 is 51.2. The Hall–Kier alpha value is -3.32. The zero-order chi connectivity index (χ0) is 25.4. The summed E-state index contributed by atoms with van der Waals surface area (Å²) in [6.07, 6.45) is -0.682. The normalized spacial score (nSPS) is 11.9. The van der Waals surface area contributed by atoms with Gasteiger partial charge in [-0.05, 0) is 60.9 Å². The first-order chi connectivity index (χ1) is 16.7. The van der Waals surface area contributed by atoms with E-state index >= 15 is 0 Å². The first-order valence-corrected chi connectivity index (χ1v) is 11.4. The Morgan fingerprint density at radius 2 is 1.80 bits per heavy atom. The number of methoxy groups -OCH3 is 1. The number of hydrogen-bond acceptors (Lipinski definition) is 4. The number of esters is 1. The van der Waals surface area contributed by atoms with Gasteiger partial charge in [0.25, 0.3) is 0 Å². The number of halogens is 4. The highest BCUT2D eigenvalue weighted by Crippen LogP contribution is 2.35. The molecule has 0 saturated heterocycles. The molecule has 8 heteroatoms. The molecule has 1 heterocycles. The number of hydrogen-bond donors (Lipinski definition) is 0. The Balaban J connectivity index is 2.07. The Morgan fingerprint density at radius 1 is 1.06 bits per heavy atom. The van der Waals surface area contributed by atoms with Gasteiger partial charge in [0.15, 0.2) is 0 Å². The van der Waals surface area contributed by atoms with E-state index in [4.69, 9.17) is 21.1 Å². The highest BCUT2D eigenvalue weighted by Gasteiger charge is 2.31. The van der Waals surface area contributed by atoms with E-state index in [-0.39, 0.29) is 23.6 Å². The maximum atomic E-state index is 13.5. The van der Waals surface area contributed by atoms with Gasteiger partial charge in [-0.15, -0.1) is 0 Å². The molecule has 1 aromatic heterocycles. The largest absolute Gasteiger partial charge is 0.488 e. The number of aromatic nitrogens is 1. The summed E-state index contributed by atoms with van der Waals surface area (Å²) in [6, 6.07) is 15.3. The number of allylic oxidation sites excluding steroid dienone is 1. The summed E-state index contributed by atoms with van der Waals surface area (Å²) in [6.45, 7) is 2.10. The van der Waals surface area contributed by atoms with Crippen molar-refractivity contribution in [2.24, 2.45) is 0 Å². The highest BCUT2D eigenvalue weighted by atomic mass is 35.5. The van der Waals surface area contributed by atoms with Crippen molar-refractivity contribution in [1.82, 2.24) is 4.98 Å². The SMILES string of the molecule is CCCC/C(=C/c1cc(C(F)(F)F)ccc1OCc1ccccc1Cl)c1cccc(C(=O)OC)n1. The summed E-state index contributed by atoms with van der Waals surface area (Å²) in [5.74, 6) is -0.319. The minimum Gasteiger partial charge on any atom is -0.488 e. The highest BCUT2D eigenvalue weighted by molar-refractivity contribution is 6.31. The monoisotopic (exact) mass is 503 g/mol. The van der Waals surface area contributed by atoms with E-state index in [2.05, 4.69) is 4.98 Å². The molecule has 0 unspecified atom stereocenters. The van der Waals surface area contributed by atoms with Gasteiger partial charge < -0.3 is 9.47 Å². The van der Waals surface area contributed by atoms with Gasteiger partial charge in [0.2, 0.25) is 0 Å². The molecule has 0 spiro atoms. The third kappa shape index (κ3) is 7.09. The topological polar surface area (TPSA) is 48.4 Å². The molecule has 0 saturated carbocycles. The van der Waals surface area contributed by atoms with Crippen LogP contribution in [0.1, 0.15) is 59.1 Å². The van der Waals surface area contributed by atoms with Crippen molar-refractivity contribution in [1.29, 1.82) is 0 Å². The maximum Gasteiger partial charge on any atom is 0.416 e. The van der Waals surface area contributed by atoms with Crippen LogP contribution in [0.15, 0.2) is 60.7 Å². The van der Waals surface area contributed by atoms with Gasteiger partial charge in [0.05, 0.1) is 18.4 Å². The van der Waals surface area contributed by atoms with Crippen molar-refractivity contribution >= 4 is 29.2 Å². The van der Waals surface area contributed by atoms with Crippen molar-refractivity contribution in [2.45, 2.75) is 39.0 Å². The van der Waals surface area contributed by atoms with E-state index in [1.807, 2.05) is 6.92 Å². The molecule has 0 aliphatic rings. The van der Waals surface area contributed by atoms with Gasteiger partial charge in [-0.25, -0.2) is 9.78 Å². The Labute approximate surface area is 207 Å². The van der Waals surface area contributed by atoms with Crippen molar-refractivity contribution in [3.05, 3.63) is 93.8 Å². The predicted octanol–water partition coefficient (Wildman–Crippen LogP) is 7.85. The molecular formula is C27H25ClF3NO3. The van der Waals surface area contributed by atoms with Crippen LogP contribution in [0.25, 0.3) is 11.6 Å². The van der Waals surface area contributed by atoms with Gasteiger partial charge in [0, 0.05) is 16.1 Å². The second-order valence-electron chi connectivity index (χ2n) is 7.80. The van der Waals surface area contributed by atoms with Crippen molar-refractivity contribution in [3.63, 3.8) is 0 Å². The van der Waals surface area contributed by atoms with E-state index in [1.54, 1.807) is 42.5 Å². The van der Waals surface area contributed by atoms with Crippen LogP contribution in [-0.2, 0) is 17.5 Å². The lowest BCUT2D eigenvalue weighted by Gasteiger charge is -2.15. The zero-order valence-electron chi connectivity index (χ0n) is 19.4. The summed E-state index contributed by atoms with van der Waals surface area (Å²) in [5.41, 5.74) is 1.45. The lowest BCUT2D eigenvalue weighted by Crippen LogP contribution is -2.07. The first kappa shape index (κ1) is 26.3. The van der Waals surface area contributed by atoms with Gasteiger partial charge >= 0.3 is 12.1 Å². The molecule has 2 aromatic carbocycles. The van der Waals surface area contributed by atoms with Gasteiger partial charge in [-0.2, -0.15) is 13.2 Å². The van der Waals surface area contributed by atoms with Crippen LogP contribution in [0.3, 0.4) is 0 Å². The summed E-state index contributed by atoms with van der Waals surface area (Å²) in [4.78, 5) is 16.3. The molecule has 0 bridgehead atoms. The van der Waals surface area contributed by atoms with Crippen LogP contribution >= 0.6 is 11.6 Å². The summed E-state index contributed by atoms with van der Waals surface area (Å²) >= 11 is 6.20. The van der Waals surface area contributed by atoms with Crippen LogP contribution in [0.2, 0.25) is 5.02 Å². The number of pyridine rings is 1. The number of ether oxygens (including phenoxy) is 2. The maximum absolute atomic E-state index is 13.5. The average molecular weight is 504 g/mol. The molecule has 184 valence electrons. The van der Waals surface area contributed by atoms with Crippen molar-refractivity contribution in [2.75, 3.05) is 7.11 Å². The van der Waals surface area contributed by atoms with E-state index in [0.717, 1.165) is 25.0 Å². The second kappa shape index (κ2) is 11.9. The fraction of sp³-hybridized carbons (Fsp3) is 0.259. The molecule has 0 amide bonds. The molecular weight excluding hydrogens is 479 g/mol. The Bertz CT molecular complexity index is 1210. The average Bonchev–Trinajstić information content (AvgIpc) is 2.85. The van der Waals surface area contributed by atoms with Gasteiger partial charge in [-0.3, -0.25) is 0 Å². The lowest BCUT2D eigenvalue weighted by atomic mass is 9.99. The van der Waals surface area contributed by atoms with E-state index < -0.39 is 17.7 Å². The minimum atomic E-state index is -4.52. The van der Waals surface area contributed by atoms with Crippen LogP contribution in [0.5, 0.6) is 5.75 Å². The fourth-order valence-electron chi connectivity index (χ4n) is 3.40. The Kier molecular flexibility index (Phi) is 8.93. The lowest BCUT2D eigenvalue weighted by molar-refractivity contribution is -0.137. The third-order valence-corrected chi connectivity index (χ3v) is 5.65. The molecule has 35 heavy (non-hydrogen) atoms. The number of nitrogens with zero attached hydrogens (tertiary/aromatic N) is 1. The number of carbonyl (C=O) groups excluding carboxylic acids is 1. The van der Waals surface area contributed by atoms with Crippen LogP contribution in [0.4, 0.5) is 13.2 Å². The molecule has 3 aromatic rings. The standard InChI is InChI=1S/C27H25ClF3NO3/c1-3-4-8-18(23-11-7-12-24(32-23)26(33)34-2)15-20-16-21(27(29,30)31)13-14-25(20)35-17-19-9-5-6-10-22(19)28/h5-7,9-16H,3-4,8,17H2,1-2H3/b18-15-. The quantitative estimate of drug-likeness (QED) is 0.279. The van der Waals surface area contributed by atoms with E-state index in [1.165, 1.54) is 19.2 Å². The molecule has 0 radical (unpaired) electrons. The molecule has 0 atom stereocenters. The molecule has 4 nitrogen and oxygen atoms in total. The van der Waals surface area contributed by atoms with Gasteiger partial charge in [-0.1, -0.05) is 49.2 Å². The van der Waals surface area contributed by atoms with Gasteiger partial charge in [0.1, 0.15) is 18.1 Å². The summed E-state index contributed by atoms with van der Waals surface area (Å²) in [7, 11) is 1.26. The first-order valence-electron chi connectivity index (χ1n) is 11.1. The predicted molar refractivity (Wildman–Crippen MR) is 130 cm³/mol. The van der Waals surface area contributed by atoms with E-state index in [0.29, 0.717) is 28.3 Å². The third-order valence-electron chi connectivity index (χ3n) is 5.28. The molecule has 0 aliphatic carbocycles. The molecule has 0 aliphatic heterocycles.